The molecule has 5 aromatic rings. The highest BCUT2D eigenvalue weighted by Gasteiger charge is 2.16. The van der Waals surface area contributed by atoms with Gasteiger partial charge in [-0.15, -0.1) is 0 Å². The molecule has 0 aliphatic carbocycles. The summed E-state index contributed by atoms with van der Waals surface area (Å²) in [5.74, 6) is 0. The van der Waals surface area contributed by atoms with Crippen LogP contribution in [0.15, 0.2) is 121 Å². The molecule has 0 amide bonds. The number of hydrogen-bond acceptors (Lipinski definition) is 2. The van der Waals surface area contributed by atoms with Crippen LogP contribution in [0.1, 0.15) is 36.1 Å². The Labute approximate surface area is 227 Å². The Hall–Kier alpha value is -4.30. The fraction of sp³-hybridized carbons (Fsp3) is 0.167. The van der Waals surface area contributed by atoms with Gasteiger partial charge in [0.05, 0.1) is 0 Å². The third kappa shape index (κ3) is 5.50. The lowest BCUT2D eigenvalue weighted by Gasteiger charge is -2.29. The molecule has 38 heavy (non-hydrogen) atoms. The summed E-state index contributed by atoms with van der Waals surface area (Å²) in [6.45, 7) is 8.71. The van der Waals surface area contributed by atoms with Crippen LogP contribution in [-0.2, 0) is 12.8 Å². The quantitative estimate of drug-likeness (QED) is 0.211. The van der Waals surface area contributed by atoms with Crippen LogP contribution >= 0.6 is 0 Å². The summed E-state index contributed by atoms with van der Waals surface area (Å²) >= 11 is 0. The van der Waals surface area contributed by atoms with Crippen molar-refractivity contribution < 1.29 is 0 Å². The summed E-state index contributed by atoms with van der Waals surface area (Å²) in [6, 6.07) is 44.1. The number of aryl methyl sites for hydroxylation is 4. The first-order valence-corrected chi connectivity index (χ1v) is 13.6. The van der Waals surface area contributed by atoms with E-state index in [0.717, 1.165) is 35.6 Å². The average molecular weight is 497 g/mol. The molecule has 190 valence electrons. The maximum Gasteiger partial charge on any atom is 0.0464 e. The zero-order valence-electron chi connectivity index (χ0n) is 22.9. The first-order chi connectivity index (χ1) is 18.6. The Morgan fingerprint density at radius 1 is 0.395 bits per heavy atom. The van der Waals surface area contributed by atoms with Gasteiger partial charge in [0.2, 0.25) is 0 Å². The first-order valence-electron chi connectivity index (χ1n) is 13.6. The molecule has 0 atom stereocenters. The van der Waals surface area contributed by atoms with Gasteiger partial charge in [-0.05, 0) is 122 Å². The molecule has 0 bridgehead atoms. The van der Waals surface area contributed by atoms with Gasteiger partial charge in [0.25, 0.3) is 0 Å². The molecule has 0 aliphatic rings. The highest BCUT2D eigenvalue weighted by molar-refractivity contribution is 5.81. The van der Waals surface area contributed by atoms with E-state index in [2.05, 4.69) is 159 Å². The van der Waals surface area contributed by atoms with Gasteiger partial charge in [-0.3, -0.25) is 0 Å². The molecule has 0 aromatic heterocycles. The highest BCUT2D eigenvalue weighted by Crippen LogP contribution is 2.39. The van der Waals surface area contributed by atoms with Crippen molar-refractivity contribution in [1.82, 2.24) is 0 Å². The Morgan fingerprint density at radius 2 is 0.737 bits per heavy atom. The lowest BCUT2D eigenvalue weighted by molar-refractivity contribution is 1.13. The monoisotopic (exact) mass is 496 g/mol. The van der Waals surface area contributed by atoms with E-state index in [-0.39, 0.29) is 0 Å². The van der Waals surface area contributed by atoms with Crippen LogP contribution in [0.2, 0.25) is 0 Å². The number of rotatable bonds is 8. The maximum atomic E-state index is 2.35. The molecule has 0 N–H and O–H groups in total. The van der Waals surface area contributed by atoms with E-state index in [1.807, 2.05) is 0 Å². The second-order valence-corrected chi connectivity index (χ2v) is 9.91. The molecule has 0 spiro atoms. The van der Waals surface area contributed by atoms with Gasteiger partial charge in [0, 0.05) is 34.1 Å². The molecule has 0 saturated carbocycles. The van der Waals surface area contributed by atoms with Crippen molar-refractivity contribution in [3.8, 4) is 0 Å². The van der Waals surface area contributed by atoms with Crippen LogP contribution < -0.4 is 9.80 Å². The van der Waals surface area contributed by atoms with Crippen molar-refractivity contribution >= 4 is 34.1 Å². The molecule has 0 unspecified atom stereocenters. The molecule has 0 radical (unpaired) electrons. The summed E-state index contributed by atoms with van der Waals surface area (Å²) in [7, 11) is 0. The van der Waals surface area contributed by atoms with Crippen molar-refractivity contribution in [2.24, 2.45) is 0 Å². The Kier molecular flexibility index (Phi) is 7.60. The Bertz CT molecular complexity index is 1400. The van der Waals surface area contributed by atoms with E-state index < -0.39 is 0 Å². The summed E-state index contributed by atoms with van der Waals surface area (Å²) in [5, 5.41) is 0. The van der Waals surface area contributed by atoms with Gasteiger partial charge >= 0.3 is 0 Å². The van der Waals surface area contributed by atoms with E-state index in [1.54, 1.807) is 0 Å². The standard InChI is InChI=1S/C36H36N2/c1-5-29-13-9-17-35(25-29)37(33-15-7-11-27(3)23-33)31-19-21-32(22-20-31)38(34-16-8-12-28(4)24-34)36-18-10-14-30(6-2)26-36/h7-26H,5-6H2,1-4H3. The van der Waals surface area contributed by atoms with Crippen molar-refractivity contribution in [2.75, 3.05) is 9.80 Å². The molecule has 0 fully saturated rings. The summed E-state index contributed by atoms with van der Waals surface area (Å²) < 4.78 is 0. The van der Waals surface area contributed by atoms with Crippen LogP contribution in [0, 0.1) is 13.8 Å². The van der Waals surface area contributed by atoms with Gasteiger partial charge in [-0.1, -0.05) is 62.4 Å². The number of anilines is 6. The molecule has 0 saturated heterocycles. The topological polar surface area (TPSA) is 6.48 Å². The third-order valence-corrected chi connectivity index (χ3v) is 7.04. The summed E-state index contributed by atoms with van der Waals surface area (Å²) in [4.78, 5) is 4.70. The van der Waals surface area contributed by atoms with E-state index >= 15 is 0 Å². The normalized spacial score (nSPS) is 10.8. The van der Waals surface area contributed by atoms with Crippen LogP contribution in [0.25, 0.3) is 0 Å². The second kappa shape index (κ2) is 11.4. The SMILES string of the molecule is CCc1cccc(N(c2ccc(N(c3cccc(C)c3)c3cccc(CC)c3)cc2)c2cccc(C)c2)c1. The molecule has 5 aromatic carbocycles. The van der Waals surface area contributed by atoms with Crippen molar-refractivity contribution in [3.63, 3.8) is 0 Å². The fourth-order valence-corrected chi connectivity index (χ4v) is 5.01. The number of nitrogens with zero attached hydrogens (tertiary/aromatic N) is 2. The van der Waals surface area contributed by atoms with Crippen LogP contribution in [0.4, 0.5) is 34.1 Å². The van der Waals surface area contributed by atoms with Crippen molar-refractivity contribution in [2.45, 2.75) is 40.5 Å². The Balaban J connectivity index is 1.61. The molecule has 2 heteroatoms. The third-order valence-electron chi connectivity index (χ3n) is 7.04. The molecular weight excluding hydrogens is 460 g/mol. The van der Waals surface area contributed by atoms with E-state index in [9.17, 15) is 0 Å². The zero-order chi connectivity index (χ0) is 26.5. The van der Waals surface area contributed by atoms with Crippen LogP contribution in [-0.4, -0.2) is 0 Å². The maximum absolute atomic E-state index is 2.35. The number of benzene rings is 5. The smallest absolute Gasteiger partial charge is 0.0464 e. The molecule has 5 rings (SSSR count). The summed E-state index contributed by atoms with van der Waals surface area (Å²) in [6.07, 6.45) is 2.02. The minimum atomic E-state index is 1.01. The van der Waals surface area contributed by atoms with Crippen molar-refractivity contribution in [3.05, 3.63) is 144 Å². The minimum absolute atomic E-state index is 1.01. The van der Waals surface area contributed by atoms with E-state index in [4.69, 9.17) is 0 Å². The van der Waals surface area contributed by atoms with Crippen LogP contribution in [0.3, 0.4) is 0 Å². The predicted molar refractivity (Wildman–Crippen MR) is 164 cm³/mol. The molecule has 0 aliphatic heterocycles. The first kappa shape index (κ1) is 25.4. The highest BCUT2D eigenvalue weighted by atomic mass is 15.2. The fourth-order valence-electron chi connectivity index (χ4n) is 5.01. The predicted octanol–water partition coefficient (Wildman–Crippen LogP) is 10.4. The number of hydrogen-bond donors (Lipinski definition) is 0. The minimum Gasteiger partial charge on any atom is -0.310 e. The molecular formula is C36H36N2. The van der Waals surface area contributed by atoms with Gasteiger partial charge < -0.3 is 9.80 Å². The largest absolute Gasteiger partial charge is 0.310 e. The molecule has 2 nitrogen and oxygen atoms in total. The average Bonchev–Trinajstić information content (AvgIpc) is 2.95. The zero-order valence-corrected chi connectivity index (χ0v) is 22.9. The van der Waals surface area contributed by atoms with Gasteiger partial charge in [-0.25, -0.2) is 0 Å². The summed E-state index contributed by atoms with van der Waals surface area (Å²) in [5.41, 5.74) is 12.1. The van der Waals surface area contributed by atoms with Crippen molar-refractivity contribution in [1.29, 1.82) is 0 Å². The van der Waals surface area contributed by atoms with Gasteiger partial charge in [0.1, 0.15) is 0 Å². The Morgan fingerprint density at radius 3 is 1.08 bits per heavy atom. The van der Waals surface area contributed by atoms with Crippen LogP contribution in [0.5, 0.6) is 0 Å². The van der Waals surface area contributed by atoms with Gasteiger partial charge in [-0.2, -0.15) is 0 Å². The lowest BCUT2D eigenvalue weighted by Crippen LogP contribution is -2.12. The second-order valence-electron chi connectivity index (χ2n) is 9.91. The van der Waals surface area contributed by atoms with E-state index in [1.165, 1.54) is 33.6 Å². The van der Waals surface area contributed by atoms with Gasteiger partial charge in [0.15, 0.2) is 0 Å². The molecule has 0 heterocycles. The lowest BCUT2D eigenvalue weighted by atomic mass is 10.1. The van der Waals surface area contributed by atoms with E-state index in [0.29, 0.717) is 0 Å².